The summed E-state index contributed by atoms with van der Waals surface area (Å²) >= 11 is 0. The van der Waals surface area contributed by atoms with Gasteiger partial charge in [0.2, 0.25) is 0 Å². The average molecular weight is 530 g/mol. The number of hydrogen-bond donors (Lipinski definition) is 2. The highest BCUT2D eigenvalue weighted by atomic mass is 127. The Kier molecular flexibility index (Phi) is 12.6. The molecule has 0 aliphatic carbocycles. The fourth-order valence-corrected chi connectivity index (χ4v) is 3.02. The lowest BCUT2D eigenvalue weighted by Gasteiger charge is -2.14. The fraction of sp³-hybridized carbons (Fsp3) is 0.591. The molecule has 2 N–H and O–H groups in total. The number of nitrogens with zero attached hydrogens (tertiary/aromatic N) is 2. The van der Waals surface area contributed by atoms with E-state index in [4.69, 9.17) is 4.74 Å². The number of fused-ring (bicyclic) bond motifs is 1. The standard InChI is InChI=1S/C22H34N4O3.HI/c1-4-23-22(25-13-16-29-15-11-17(2)3)24-12-7-8-14-26-20(27)18-9-5-6-10-19(18)21(26)28;/h5-6,9-10,17H,4,7-8,11-16H2,1-3H3,(H2,23,24,25);1H. The van der Waals surface area contributed by atoms with E-state index in [-0.39, 0.29) is 35.8 Å². The van der Waals surface area contributed by atoms with E-state index in [9.17, 15) is 9.59 Å². The zero-order chi connectivity index (χ0) is 21.1. The molecule has 2 amide bonds. The van der Waals surface area contributed by atoms with Crippen LogP contribution in [0.2, 0.25) is 0 Å². The van der Waals surface area contributed by atoms with Crippen LogP contribution in [0.3, 0.4) is 0 Å². The Hall–Kier alpha value is -1.68. The molecule has 0 spiro atoms. The van der Waals surface area contributed by atoms with Crippen LogP contribution >= 0.6 is 24.0 Å². The predicted octanol–water partition coefficient (Wildman–Crippen LogP) is 3.30. The Bertz CT molecular complexity index is 674. The fourth-order valence-electron chi connectivity index (χ4n) is 3.02. The molecular formula is C22H35IN4O3. The summed E-state index contributed by atoms with van der Waals surface area (Å²) in [6, 6.07) is 6.99. The van der Waals surface area contributed by atoms with E-state index in [1.807, 2.05) is 6.92 Å². The first-order valence-corrected chi connectivity index (χ1v) is 10.6. The Morgan fingerprint density at radius 2 is 1.73 bits per heavy atom. The van der Waals surface area contributed by atoms with Gasteiger partial charge in [-0.1, -0.05) is 26.0 Å². The van der Waals surface area contributed by atoms with Crippen molar-refractivity contribution in [2.24, 2.45) is 10.9 Å². The second-order valence-electron chi connectivity index (χ2n) is 7.50. The van der Waals surface area contributed by atoms with E-state index in [1.54, 1.807) is 24.3 Å². The van der Waals surface area contributed by atoms with E-state index in [0.29, 0.717) is 43.3 Å². The summed E-state index contributed by atoms with van der Waals surface area (Å²) in [7, 11) is 0. The molecule has 0 radical (unpaired) electrons. The Morgan fingerprint density at radius 3 is 2.33 bits per heavy atom. The highest BCUT2D eigenvalue weighted by Gasteiger charge is 2.34. The molecular weight excluding hydrogens is 495 g/mol. The largest absolute Gasteiger partial charge is 0.380 e. The van der Waals surface area contributed by atoms with Crippen molar-refractivity contribution in [3.05, 3.63) is 35.4 Å². The van der Waals surface area contributed by atoms with E-state index in [1.165, 1.54) is 4.90 Å². The molecule has 0 saturated carbocycles. The third kappa shape index (κ3) is 8.22. The van der Waals surface area contributed by atoms with Gasteiger partial charge in [0.25, 0.3) is 11.8 Å². The average Bonchev–Trinajstić information content (AvgIpc) is 2.95. The van der Waals surface area contributed by atoms with Gasteiger partial charge in [-0.2, -0.15) is 0 Å². The summed E-state index contributed by atoms with van der Waals surface area (Å²) in [6.45, 7) is 10.4. The van der Waals surface area contributed by atoms with Crippen molar-refractivity contribution in [3.8, 4) is 0 Å². The number of imide groups is 1. The summed E-state index contributed by atoms with van der Waals surface area (Å²) < 4.78 is 5.61. The molecule has 0 atom stereocenters. The van der Waals surface area contributed by atoms with Crippen LogP contribution < -0.4 is 10.6 Å². The number of rotatable bonds is 12. The normalized spacial score (nSPS) is 13.5. The minimum atomic E-state index is -0.193. The van der Waals surface area contributed by atoms with Crippen LogP contribution in [0, 0.1) is 5.92 Å². The lowest BCUT2D eigenvalue weighted by atomic mass is 10.1. The van der Waals surface area contributed by atoms with E-state index >= 15 is 0 Å². The second-order valence-corrected chi connectivity index (χ2v) is 7.50. The number of carbonyl (C=O) groups is 2. The van der Waals surface area contributed by atoms with Gasteiger partial charge in [-0.15, -0.1) is 24.0 Å². The van der Waals surface area contributed by atoms with Crippen molar-refractivity contribution in [1.82, 2.24) is 15.5 Å². The zero-order valence-electron chi connectivity index (χ0n) is 18.3. The topological polar surface area (TPSA) is 83.0 Å². The number of hydrogen-bond acceptors (Lipinski definition) is 4. The number of aliphatic imine (C=N–C) groups is 1. The van der Waals surface area contributed by atoms with Crippen LogP contribution in [0.4, 0.5) is 0 Å². The van der Waals surface area contributed by atoms with Gasteiger partial charge in [-0.3, -0.25) is 19.5 Å². The van der Waals surface area contributed by atoms with Crippen LogP contribution in [-0.2, 0) is 4.74 Å². The van der Waals surface area contributed by atoms with Gasteiger partial charge >= 0.3 is 0 Å². The van der Waals surface area contributed by atoms with Gasteiger partial charge in [-0.25, -0.2) is 0 Å². The molecule has 168 valence electrons. The third-order valence-electron chi connectivity index (χ3n) is 4.66. The van der Waals surface area contributed by atoms with Gasteiger partial charge < -0.3 is 15.4 Å². The molecule has 0 saturated heterocycles. The summed E-state index contributed by atoms with van der Waals surface area (Å²) in [5, 5.41) is 6.48. The highest BCUT2D eigenvalue weighted by molar-refractivity contribution is 14.0. The number of amides is 2. The van der Waals surface area contributed by atoms with Crippen molar-refractivity contribution in [2.45, 2.75) is 40.0 Å². The van der Waals surface area contributed by atoms with Gasteiger partial charge in [0.15, 0.2) is 5.96 Å². The molecule has 1 aromatic carbocycles. The van der Waals surface area contributed by atoms with Crippen molar-refractivity contribution in [3.63, 3.8) is 0 Å². The number of carbonyl (C=O) groups excluding carboxylic acids is 2. The molecule has 0 bridgehead atoms. The van der Waals surface area contributed by atoms with Crippen molar-refractivity contribution in [2.75, 3.05) is 39.4 Å². The van der Waals surface area contributed by atoms with Crippen molar-refractivity contribution in [1.29, 1.82) is 0 Å². The summed E-state index contributed by atoms with van der Waals surface area (Å²) in [4.78, 5) is 30.6. The SMILES string of the molecule is CCNC(=NCCCCN1C(=O)c2ccccc2C1=O)NCCOCCC(C)C.I. The Balaban J connectivity index is 0.00000450. The highest BCUT2D eigenvalue weighted by Crippen LogP contribution is 2.22. The second kappa shape index (κ2) is 14.3. The first-order valence-electron chi connectivity index (χ1n) is 10.6. The predicted molar refractivity (Wildman–Crippen MR) is 131 cm³/mol. The molecule has 1 aromatic rings. The summed E-state index contributed by atoms with van der Waals surface area (Å²) in [6.07, 6.45) is 2.60. The number of unbranched alkanes of at least 4 members (excludes halogenated alkanes) is 1. The van der Waals surface area contributed by atoms with E-state index in [2.05, 4.69) is 29.5 Å². The molecule has 30 heavy (non-hydrogen) atoms. The van der Waals surface area contributed by atoms with Crippen LogP contribution in [-0.4, -0.2) is 62.1 Å². The molecule has 2 rings (SSSR count). The van der Waals surface area contributed by atoms with Crippen LogP contribution in [0.5, 0.6) is 0 Å². The van der Waals surface area contributed by atoms with E-state index < -0.39 is 0 Å². The first kappa shape index (κ1) is 26.4. The maximum Gasteiger partial charge on any atom is 0.261 e. The van der Waals surface area contributed by atoms with Crippen LogP contribution in [0.25, 0.3) is 0 Å². The van der Waals surface area contributed by atoms with Crippen LogP contribution in [0.1, 0.15) is 60.7 Å². The smallest absolute Gasteiger partial charge is 0.261 e. The molecule has 0 unspecified atom stereocenters. The summed E-state index contributed by atoms with van der Waals surface area (Å²) in [5.74, 6) is 1.03. The summed E-state index contributed by atoms with van der Waals surface area (Å²) in [5.41, 5.74) is 1.01. The zero-order valence-corrected chi connectivity index (χ0v) is 20.6. The number of halogens is 1. The van der Waals surface area contributed by atoms with Crippen molar-refractivity contribution >= 4 is 41.8 Å². The molecule has 8 heteroatoms. The van der Waals surface area contributed by atoms with Gasteiger partial charge in [0.05, 0.1) is 17.7 Å². The number of guanidine groups is 1. The Morgan fingerprint density at radius 1 is 1.07 bits per heavy atom. The van der Waals surface area contributed by atoms with E-state index in [0.717, 1.165) is 38.4 Å². The Labute approximate surface area is 197 Å². The molecule has 1 aliphatic rings. The first-order chi connectivity index (χ1) is 14.0. The van der Waals surface area contributed by atoms with Gasteiger partial charge in [0.1, 0.15) is 0 Å². The lowest BCUT2D eigenvalue weighted by Crippen LogP contribution is -2.39. The maximum atomic E-state index is 12.3. The van der Waals surface area contributed by atoms with Crippen LogP contribution in [0.15, 0.2) is 29.3 Å². The maximum absolute atomic E-state index is 12.3. The molecule has 0 fully saturated rings. The molecule has 1 heterocycles. The van der Waals surface area contributed by atoms with Crippen molar-refractivity contribution < 1.29 is 14.3 Å². The third-order valence-corrected chi connectivity index (χ3v) is 4.66. The number of benzene rings is 1. The molecule has 0 aromatic heterocycles. The minimum Gasteiger partial charge on any atom is -0.380 e. The molecule has 7 nitrogen and oxygen atoms in total. The number of nitrogens with one attached hydrogen (secondary N) is 2. The monoisotopic (exact) mass is 530 g/mol. The number of ether oxygens (including phenoxy) is 1. The minimum absolute atomic E-state index is 0. The lowest BCUT2D eigenvalue weighted by molar-refractivity contribution is 0.0652. The molecule has 1 aliphatic heterocycles. The quantitative estimate of drug-likeness (QED) is 0.143. The van der Waals surface area contributed by atoms with Gasteiger partial charge in [-0.05, 0) is 44.2 Å². The van der Waals surface area contributed by atoms with Gasteiger partial charge in [0, 0.05) is 32.8 Å².